The van der Waals surface area contributed by atoms with Crippen LogP contribution < -0.4 is 10.6 Å². The number of anilines is 1. The number of hydrogen-bond acceptors (Lipinski definition) is 3. The van der Waals surface area contributed by atoms with Crippen LogP contribution in [0, 0.1) is 0 Å². The number of halogens is 1. The van der Waals surface area contributed by atoms with Crippen molar-refractivity contribution in [2.45, 2.75) is 19.3 Å². The second-order valence-corrected chi connectivity index (χ2v) is 7.93. The third kappa shape index (κ3) is 6.53. The van der Waals surface area contributed by atoms with Gasteiger partial charge in [-0.2, -0.15) is 0 Å². The highest BCUT2D eigenvalue weighted by atomic mass is 35.5. The highest BCUT2D eigenvalue weighted by molar-refractivity contribution is 6.30. The van der Waals surface area contributed by atoms with Gasteiger partial charge in [0, 0.05) is 36.2 Å². The highest BCUT2D eigenvalue weighted by Gasteiger charge is 2.20. The fourth-order valence-corrected chi connectivity index (χ4v) is 3.61. The molecule has 2 N–H and O–H groups in total. The number of rotatable bonds is 5. The summed E-state index contributed by atoms with van der Waals surface area (Å²) >= 11 is 5.74. The first-order chi connectivity index (χ1) is 15.4. The summed E-state index contributed by atoms with van der Waals surface area (Å²) in [6.07, 6.45) is 1.79. The van der Waals surface area contributed by atoms with Gasteiger partial charge in [-0.15, -0.1) is 0 Å². The minimum atomic E-state index is -0.282. The molecule has 1 aliphatic heterocycles. The van der Waals surface area contributed by atoms with E-state index in [0.29, 0.717) is 17.9 Å². The summed E-state index contributed by atoms with van der Waals surface area (Å²) in [5.74, 6) is -0.254. The van der Waals surface area contributed by atoms with Gasteiger partial charge in [-0.25, -0.2) is 0 Å². The molecule has 2 amide bonds. The summed E-state index contributed by atoms with van der Waals surface area (Å²) in [5, 5.41) is 0.692. The predicted octanol–water partition coefficient (Wildman–Crippen LogP) is 4.45. The molecule has 0 aromatic heterocycles. The van der Waals surface area contributed by atoms with E-state index in [4.69, 9.17) is 17.3 Å². The van der Waals surface area contributed by atoms with Crippen molar-refractivity contribution in [3.63, 3.8) is 0 Å². The minimum absolute atomic E-state index is 0.0283. The molecule has 0 saturated carbocycles. The highest BCUT2D eigenvalue weighted by Crippen LogP contribution is 2.24. The molecule has 0 aliphatic carbocycles. The van der Waals surface area contributed by atoms with E-state index in [2.05, 4.69) is 17.1 Å². The summed E-state index contributed by atoms with van der Waals surface area (Å²) < 4.78 is 0. The molecule has 0 radical (unpaired) electrons. The molecule has 4 rings (SSSR count). The number of benzene rings is 3. The molecule has 0 spiro atoms. The Labute approximate surface area is 193 Å². The van der Waals surface area contributed by atoms with E-state index in [0.717, 1.165) is 28.9 Å². The maximum atomic E-state index is 12.0. The van der Waals surface area contributed by atoms with Crippen molar-refractivity contribution in [2.24, 2.45) is 10.7 Å². The van der Waals surface area contributed by atoms with E-state index in [-0.39, 0.29) is 18.4 Å². The number of carbonyl (C=O) groups excluding carboxylic acids is 2. The first kappa shape index (κ1) is 23.2. The predicted molar refractivity (Wildman–Crippen MR) is 130 cm³/mol. The van der Waals surface area contributed by atoms with Gasteiger partial charge in [-0.1, -0.05) is 72.3 Å². The van der Waals surface area contributed by atoms with Crippen LogP contribution in [0.4, 0.5) is 5.69 Å². The molecule has 0 bridgehead atoms. The van der Waals surface area contributed by atoms with E-state index in [1.165, 1.54) is 5.56 Å². The van der Waals surface area contributed by atoms with Crippen LogP contribution in [0.25, 0.3) is 0 Å². The maximum Gasteiger partial charge on any atom is 0.248 e. The summed E-state index contributed by atoms with van der Waals surface area (Å²) in [6, 6.07) is 25.6. The largest absolute Gasteiger partial charge is 0.370 e. The Kier molecular flexibility index (Phi) is 8.17. The smallest absolute Gasteiger partial charge is 0.248 e. The van der Waals surface area contributed by atoms with E-state index in [9.17, 15) is 9.59 Å². The monoisotopic (exact) mass is 447 g/mol. The number of para-hydroxylation sites is 1. The van der Waals surface area contributed by atoms with Gasteiger partial charge in [0.15, 0.2) is 0 Å². The number of fused-ring (bicyclic) bond motifs is 1. The molecule has 0 atom stereocenters. The molecule has 1 heterocycles. The SMILES string of the molecule is CN1C(=O)CN=C(Cc2ccccc2)c2ccccc21.NC(=O)CCc1cccc(Cl)c1. The molecule has 0 saturated heterocycles. The van der Waals surface area contributed by atoms with E-state index in [1.54, 1.807) is 11.0 Å². The van der Waals surface area contributed by atoms with Crippen LogP contribution in [-0.2, 0) is 22.4 Å². The third-order valence-corrected chi connectivity index (χ3v) is 5.35. The van der Waals surface area contributed by atoms with Crippen molar-refractivity contribution < 1.29 is 9.59 Å². The molecule has 3 aromatic carbocycles. The second kappa shape index (κ2) is 11.3. The van der Waals surface area contributed by atoms with Gasteiger partial charge in [0.1, 0.15) is 6.54 Å². The number of aryl methyl sites for hydroxylation is 1. The van der Waals surface area contributed by atoms with Crippen molar-refractivity contribution in [1.82, 2.24) is 0 Å². The van der Waals surface area contributed by atoms with Gasteiger partial charge in [0.25, 0.3) is 0 Å². The standard InChI is InChI=1S/C17H16N2O.C9H10ClNO/c1-19-16-10-6-5-9-14(16)15(18-12-17(19)20)11-13-7-3-2-4-8-13;10-8-3-1-2-7(6-8)4-5-9(11)12/h2-10H,11-12H2,1H3;1-3,6H,4-5H2,(H2,11,12). The van der Waals surface area contributed by atoms with Gasteiger partial charge in [-0.05, 0) is 35.7 Å². The number of nitrogens with zero attached hydrogens (tertiary/aromatic N) is 2. The van der Waals surface area contributed by atoms with Gasteiger partial charge < -0.3 is 10.6 Å². The summed E-state index contributed by atoms with van der Waals surface area (Å²) in [6.45, 7) is 0.216. The molecule has 0 unspecified atom stereocenters. The zero-order valence-corrected chi connectivity index (χ0v) is 18.8. The maximum absolute atomic E-state index is 12.0. The summed E-state index contributed by atoms with van der Waals surface area (Å²) in [4.78, 5) is 28.6. The fraction of sp³-hybridized carbons (Fsp3) is 0.192. The molecular formula is C26H26ClN3O2. The molecule has 6 heteroatoms. The van der Waals surface area contributed by atoms with Crippen LogP contribution in [-0.4, -0.2) is 31.1 Å². The molecule has 5 nitrogen and oxygen atoms in total. The van der Waals surface area contributed by atoms with Gasteiger partial charge >= 0.3 is 0 Å². The Morgan fingerprint density at radius 3 is 2.41 bits per heavy atom. The average molecular weight is 448 g/mol. The number of aliphatic imine (C=N–C) groups is 1. The van der Waals surface area contributed by atoms with E-state index < -0.39 is 0 Å². The Morgan fingerprint density at radius 2 is 1.69 bits per heavy atom. The molecule has 164 valence electrons. The first-order valence-corrected chi connectivity index (χ1v) is 10.8. The minimum Gasteiger partial charge on any atom is -0.370 e. The van der Waals surface area contributed by atoms with Crippen LogP contribution in [0.2, 0.25) is 5.02 Å². The van der Waals surface area contributed by atoms with Crippen molar-refractivity contribution in [1.29, 1.82) is 0 Å². The number of nitrogens with two attached hydrogens (primary N) is 1. The Bertz CT molecular complexity index is 1110. The van der Waals surface area contributed by atoms with Crippen LogP contribution in [0.5, 0.6) is 0 Å². The lowest BCUT2D eigenvalue weighted by molar-refractivity contribution is -0.118. The number of carbonyl (C=O) groups is 2. The summed E-state index contributed by atoms with van der Waals surface area (Å²) in [5.41, 5.74) is 10.2. The lowest BCUT2D eigenvalue weighted by atomic mass is 10.0. The van der Waals surface area contributed by atoms with Crippen molar-refractivity contribution in [3.8, 4) is 0 Å². The number of benzodiazepines with no additional fused rings is 1. The zero-order chi connectivity index (χ0) is 22.9. The normalized spacial score (nSPS) is 12.8. The second-order valence-electron chi connectivity index (χ2n) is 7.49. The Hall–Kier alpha value is -3.44. The molecule has 1 aliphatic rings. The lowest BCUT2D eigenvalue weighted by Crippen LogP contribution is -2.27. The lowest BCUT2D eigenvalue weighted by Gasteiger charge is -2.17. The van der Waals surface area contributed by atoms with E-state index >= 15 is 0 Å². The van der Waals surface area contributed by atoms with Gasteiger partial charge in [-0.3, -0.25) is 14.6 Å². The Balaban J connectivity index is 0.000000207. The summed E-state index contributed by atoms with van der Waals surface area (Å²) in [7, 11) is 1.81. The molecule has 32 heavy (non-hydrogen) atoms. The van der Waals surface area contributed by atoms with Crippen molar-refractivity contribution in [2.75, 3.05) is 18.5 Å². The zero-order valence-electron chi connectivity index (χ0n) is 18.0. The van der Waals surface area contributed by atoms with Crippen molar-refractivity contribution >= 4 is 34.8 Å². The topological polar surface area (TPSA) is 75.8 Å². The van der Waals surface area contributed by atoms with Crippen molar-refractivity contribution in [3.05, 3.63) is 101 Å². The van der Waals surface area contributed by atoms with Crippen LogP contribution in [0.3, 0.4) is 0 Å². The fourth-order valence-electron chi connectivity index (χ4n) is 3.40. The Morgan fingerprint density at radius 1 is 1.00 bits per heavy atom. The number of amides is 2. The molecule has 0 fully saturated rings. The van der Waals surface area contributed by atoms with Crippen LogP contribution in [0.1, 0.15) is 23.1 Å². The first-order valence-electron chi connectivity index (χ1n) is 10.4. The van der Waals surface area contributed by atoms with Gasteiger partial charge in [0.2, 0.25) is 11.8 Å². The number of hydrogen-bond donors (Lipinski definition) is 1. The van der Waals surface area contributed by atoms with Crippen LogP contribution >= 0.6 is 11.6 Å². The number of likely N-dealkylation sites (N-methyl/N-ethyl adjacent to an activating group) is 1. The molecular weight excluding hydrogens is 422 g/mol. The average Bonchev–Trinajstić information content (AvgIpc) is 2.91. The van der Waals surface area contributed by atoms with Crippen LogP contribution in [0.15, 0.2) is 83.9 Å². The third-order valence-electron chi connectivity index (χ3n) is 5.12. The molecule has 3 aromatic rings. The van der Waals surface area contributed by atoms with Gasteiger partial charge in [0.05, 0.1) is 5.69 Å². The number of primary amides is 1. The quantitative estimate of drug-likeness (QED) is 0.627. The van der Waals surface area contributed by atoms with E-state index in [1.807, 2.05) is 67.7 Å².